The van der Waals surface area contributed by atoms with Crippen molar-refractivity contribution >= 4 is 0 Å². The molecule has 0 atom stereocenters. The predicted octanol–water partition coefficient (Wildman–Crippen LogP) is 3.26. The molecule has 0 aliphatic rings. The second-order valence-corrected chi connectivity index (χ2v) is 3.72. The van der Waals surface area contributed by atoms with Gasteiger partial charge in [0.15, 0.2) is 0 Å². The Bertz CT molecular complexity index is 311. The van der Waals surface area contributed by atoms with Crippen molar-refractivity contribution in [2.45, 2.75) is 27.7 Å². The molecule has 0 saturated heterocycles. The van der Waals surface area contributed by atoms with Crippen LogP contribution in [-0.4, -0.2) is 9.97 Å². The molecule has 2 nitrogen and oxygen atoms in total. The fraction of sp³-hybridized carbons (Fsp3) is 0.333. The number of rotatable bonds is 0. The van der Waals surface area contributed by atoms with Crippen LogP contribution in [0.5, 0.6) is 0 Å². The second kappa shape index (κ2) is 4.70. The topological polar surface area (TPSA) is 31.6 Å². The van der Waals surface area contributed by atoms with Crippen molar-refractivity contribution < 1.29 is 0 Å². The molecule has 2 N–H and O–H groups in total. The first-order chi connectivity index (χ1) is 6.58. The maximum atomic E-state index is 3.07. The van der Waals surface area contributed by atoms with Gasteiger partial charge in [-0.1, -0.05) is 0 Å². The summed E-state index contributed by atoms with van der Waals surface area (Å²) >= 11 is 0. The maximum Gasteiger partial charge on any atom is 0.0118 e. The maximum absolute atomic E-state index is 3.07. The van der Waals surface area contributed by atoms with E-state index in [1.165, 1.54) is 22.5 Å². The lowest BCUT2D eigenvalue weighted by molar-refractivity contribution is 1.26. The Morgan fingerprint density at radius 1 is 0.714 bits per heavy atom. The lowest BCUT2D eigenvalue weighted by Gasteiger charge is -1.71. The summed E-state index contributed by atoms with van der Waals surface area (Å²) in [6.45, 7) is 8.24. The number of hydrogen-bond acceptors (Lipinski definition) is 0. The van der Waals surface area contributed by atoms with E-state index in [0.29, 0.717) is 0 Å². The van der Waals surface area contributed by atoms with Crippen molar-refractivity contribution in [3.63, 3.8) is 0 Å². The molecule has 0 bridgehead atoms. The minimum absolute atomic E-state index is 1.23. The highest BCUT2D eigenvalue weighted by Crippen LogP contribution is 1.97. The van der Waals surface area contributed by atoms with Gasteiger partial charge in [0.05, 0.1) is 0 Å². The first-order valence-electron chi connectivity index (χ1n) is 4.81. The lowest BCUT2D eigenvalue weighted by atomic mass is 10.4. The summed E-state index contributed by atoms with van der Waals surface area (Å²) in [7, 11) is 0. The van der Waals surface area contributed by atoms with E-state index in [4.69, 9.17) is 0 Å². The van der Waals surface area contributed by atoms with E-state index in [1.807, 2.05) is 26.2 Å². The zero-order chi connectivity index (χ0) is 10.6. The molecule has 0 aliphatic carbocycles. The lowest BCUT2D eigenvalue weighted by Crippen LogP contribution is -1.59. The van der Waals surface area contributed by atoms with E-state index >= 15 is 0 Å². The highest BCUT2D eigenvalue weighted by Gasteiger charge is 1.83. The van der Waals surface area contributed by atoms with Gasteiger partial charge in [-0.15, -0.1) is 0 Å². The van der Waals surface area contributed by atoms with Gasteiger partial charge in [-0.2, -0.15) is 0 Å². The third-order valence-electron chi connectivity index (χ3n) is 1.94. The van der Waals surface area contributed by atoms with Crippen LogP contribution < -0.4 is 0 Å². The van der Waals surface area contributed by atoms with Gasteiger partial charge in [0.25, 0.3) is 0 Å². The largest absolute Gasteiger partial charge is 0.365 e. The van der Waals surface area contributed by atoms with Gasteiger partial charge in [-0.05, 0) is 51.0 Å². The first kappa shape index (κ1) is 10.6. The molecular weight excluding hydrogens is 172 g/mol. The quantitative estimate of drug-likeness (QED) is 0.639. The van der Waals surface area contributed by atoms with Gasteiger partial charge in [-0.25, -0.2) is 0 Å². The first-order valence-corrected chi connectivity index (χ1v) is 4.81. The Labute approximate surface area is 85.4 Å². The molecule has 14 heavy (non-hydrogen) atoms. The van der Waals surface area contributed by atoms with Crippen molar-refractivity contribution in [2.24, 2.45) is 0 Å². The van der Waals surface area contributed by atoms with Crippen LogP contribution in [0.1, 0.15) is 22.5 Å². The molecule has 0 aliphatic heterocycles. The summed E-state index contributed by atoms with van der Waals surface area (Å²) in [5.74, 6) is 0. The monoisotopic (exact) mass is 190 g/mol. The highest BCUT2D eigenvalue weighted by atomic mass is 14.7. The minimum Gasteiger partial charge on any atom is -0.365 e. The zero-order valence-electron chi connectivity index (χ0n) is 9.31. The van der Waals surface area contributed by atoms with E-state index in [1.54, 1.807) is 0 Å². The SMILES string of the molecule is Cc1c[nH]c(C)c1.Cc1c[nH]c(C)c1. The van der Waals surface area contributed by atoms with Crippen molar-refractivity contribution in [2.75, 3.05) is 0 Å². The molecule has 2 aromatic heterocycles. The fourth-order valence-corrected chi connectivity index (χ4v) is 1.31. The Morgan fingerprint density at radius 2 is 1.07 bits per heavy atom. The van der Waals surface area contributed by atoms with Gasteiger partial charge >= 0.3 is 0 Å². The van der Waals surface area contributed by atoms with Crippen LogP contribution in [0.3, 0.4) is 0 Å². The van der Waals surface area contributed by atoms with Gasteiger partial charge < -0.3 is 9.97 Å². The van der Waals surface area contributed by atoms with Crippen LogP contribution >= 0.6 is 0 Å². The van der Waals surface area contributed by atoms with Gasteiger partial charge in [0, 0.05) is 23.8 Å². The van der Waals surface area contributed by atoms with E-state index in [-0.39, 0.29) is 0 Å². The van der Waals surface area contributed by atoms with Crippen LogP contribution in [0, 0.1) is 27.7 Å². The second-order valence-electron chi connectivity index (χ2n) is 3.72. The molecule has 0 fully saturated rings. The third-order valence-corrected chi connectivity index (χ3v) is 1.94. The normalized spacial score (nSPS) is 9.43. The number of hydrogen-bond donors (Lipinski definition) is 2. The highest BCUT2D eigenvalue weighted by molar-refractivity contribution is 5.13. The average molecular weight is 190 g/mol. The van der Waals surface area contributed by atoms with Crippen LogP contribution in [0.4, 0.5) is 0 Å². The number of aromatic nitrogens is 2. The summed E-state index contributed by atoms with van der Waals surface area (Å²) in [6.07, 6.45) is 3.99. The summed E-state index contributed by atoms with van der Waals surface area (Å²) in [6, 6.07) is 4.22. The Morgan fingerprint density at radius 3 is 1.14 bits per heavy atom. The zero-order valence-corrected chi connectivity index (χ0v) is 9.31. The van der Waals surface area contributed by atoms with Crippen LogP contribution in [-0.2, 0) is 0 Å². The van der Waals surface area contributed by atoms with E-state index in [9.17, 15) is 0 Å². The number of aromatic amines is 2. The van der Waals surface area contributed by atoms with E-state index < -0.39 is 0 Å². The molecule has 0 unspecified atom stereocenters. The smallest absolute Gasteiger partial charge is 0.0118 e. The number of nitrogens with one attached hydrogen (secondary N) is 2. The molecule has 2 aromatic rings. The van der Waals surface area contributed by atoms with Crippen molar-refractivity contribution in [3.8, 4) is 0 Å². The average Bonchev–Trinajstić information content (AvgIpc) is 2.63. The Balaban J connectivity index is 0.000000140. The summed E-state index contributed by atoms with van der Waals surface area (Å²) < 4.78 is 0. The number of aryl methyl sites for hydroxylation is 4. The predicted molar refractivity (Wildman–Crippen MR) is 60.5 cm³/mol. The molecule has 0 amide bonds. The third kappa shape index (κ3) is 3.52. The Hall–Kier alpha value is -1.44. The molecule has 76 valence electrons. The fourth-order valence-electron chi connectivity index (χ4n) is 1.31. The standard InChI is InChI=1S/2C6H9N/c2*1-5-3-6(2)7-4-5/h2*3-4,7H,1-2H3. The van der Waals surface area contributed by atoms with Crippen LogP contribution in [0.15, 0.2) is 24.5 Å². The molecule has 0 radical (unpaired) electrons. The number of H-pyrrole nitrogens is 2. The molecular formula is C12H18N2. The molecule has 0 spiro atoms. The van der Waals surface area contributed by atoms with Gasteiger partial charge in [0.1, 0.15) is 0 Å². The van der Waals surface area contributed by atoms with Crippen LogP contribution in [0.2, 0.25) is 0 Å². The molecule has 2 rings (SSSR count). The van der Waals surface area contributed by atoms with Crippen molar-refractivity contribution in [1.29, 1.82) is 0 Å². The van der Waals surface area contributed by atoms with Crippen molar-refractivity contribution in [1.82, 2.24) is 9.97 Å². The van der Waals surface area contributed by atoms with Crippen molar-refractivity contribution in [3.05, 3.63) is 47.0 Å². The van der Waals surface area contributed by atoms with E-state index in [2.05, 4.69) is 35.9 Å². The molecule has 0 aromatic carbocycles. The molecule has 2 heterocycles. The van der Waals surface area contributed by atoms with Crippen LogP contribution in [0.25, 0.3) is 0 Å². The minimum atomic E-state index is 1.23. The summed E-state index contributed by atoms with van der Waals surface area (Å²) in [4.78, 5) is 6.14. The summed E-state index contributed by atoms with van der Waals surface area (Å²) in [5.41, 5.74) is 5.07. The Kier molecular flexibility index (Phi) is 3.57. The van der Waals surface area contributed by atoms with E-state index in [0.717, 1.165) is 0 Å². The summed E-state index contributed by atoms with van der Waals surface area (Å²) in [5, 5.41) is 0. The molecule has 2 heteroatoms. The van der Waals surface area contributed by atoms with Gasteiger partial charge in [0.2, 0.25) is 0 Å². The van der Waals surface area contributed by atoms with Gasteiger partial charge in [-0.3, -0.25) is 0 Å². The molecule has 0 saturated carbocycles.